The summed E-state index contributed by atoms with van der Waals surface area (Å²) in [5.74, 6) is 0. The number of nitrogens with zero attached hydrogens (tertiary/aromatic N) is 1. The van der Waals surface area contributed by atoms with Gasteiger partial charge in [-0.25, -0.2) is 0 Å². The molecule has 20 heavy (non-hydrogen) atoms. The Hall–Kier alpha value is 0.680. The van der Waals surface area contributed by atoms with Gasteiger partial charge < -0.3 is 0 Å². The molecule has 0 aromatic rings. The first-order valence-corrected chi connectivity index (χ1v) is 17.6. The molecule has 1 fully saturated rings. The van der Waals surface area contributed by atoms with E-state index in [1.54, 1.807) is 0 Å². The van der Waals surface area contributed by atoms with Gasteiger partial charge in [0.2, 0.25) is 0 Å². The van der Waals surface area contributed by atoms with Crippen LogP contribution in [0.25, 0.3) is 0 Å². The van der Waals surface area contributed by atoms with Crippen LogP contribution in [0.15, 0.2) is 0 Å². The Balaban J connectivity index is 3.03. The van der Waals surface area contributed by atoms with Crippen molar-refractivity contribution in [3.05, 3.63) is 0 Å². The standard InChI is InChI=1S/C16H37GeNOSi/c1-9-17(10-2,11-3)19-16(18(12-4)13-5)14-15(16)20(6,7)8/h15H,9-14H2,1-8H3. The van der Waals surface area contributed by atoms with Crippen LogP contribution in [0.5, 0.6) is 0 Å². The van der Waals surface area contributed by atoms with Crippen molar-refractivity contribution < 1.29 is 3.76 Å². The van der Waals surface area contributed by atoms with Gasteiger partial charge in [-0.15, -0.1) is 0 Å². The van der Waals surface area contributed by atoms with Gasteiger partial charge >= 0.3 is 131 Å². The van der Waals surface area contributed by atoms with Crippen LogP contribution in [0.2, 0.25) is 40.9 Å². The van der Waals surface area contributed by atoms with Crippen LogP contribution >= 0.6 is 0 Å². The zero-order valence-corrected chi connectivity index (χ0v) is 18.3. The van der Waals surface area contributed by atoms with E-state index < -0.39 is 21.7 Å². The van der Waals surface area contributed by atoms with Crippen molar-refractivity contribution >= 4 is 21.7 Å². The summed E-state index contributed by atoms with van der Waals surface area (Å²) >= 11 is -2.09. The van der Waals surface area contributed by atoms with Gasteiger partial charge in [0.15, 0.2) is 0 Å². The molecule has 0 bridgehead atoms. The number of hydrogen-bond acceptors (Lipinski definition) is 2. The molecular weight excluding hydrogens is 323 g/mol. The van der Waals surface area contributed by atoms with E-state index in [9.17, 15) is 0 Å². The van der Waals surface area contributed by atoms with Crippen molar-refractivity contribution in [1.29, 1.82) is 0 Å². The normalized spacial score (nSPS) is 27.1. The van der Waals surface area contributed by atoms with Crippen LogP contribution < -0.4 is 0 Å². The van der Waals surface area contributed by atoms with Crippen molar-refractivity contribution in [3.63, 3.8) is 0 Å². The molecule has 0 aliphatic heterocycles. The summed E-state index contributed by atoms with van der Waals surface area (Å²) in [5, 5.41) is 3.94. The zero-order valence-electron chi connectivity index (χ0n) is 15.2. The van der Waals surface area contributed by atoms with Crippen LogP contribution in [-0.4, -0.2) is 45.4 Å². The van der Waals surface area contributed by atoms with Gasteiger partial charge in [0.1, 0.15) is 0 Å². The van der Waals surface area contributed by atoms with E-state index in [1.165, 1.54) is 22.2 Å². The van der Waals surface area contributed by atoms with Crippen molar-refractivity contribution in [1.82, 2.24) is 4.90 Å². The van der Waals surface area contributed by atoms with Crippen molar-refractivity contribution in [3.8, 4) is 0 Å². The molecule has 0 radical (unpaired) electrons. The number of rotatable bonds is 9. The topological polar surface area (TPSA) is 12.5 Å². The monoisotopic (exact) mass is 361 g/mol. The molecule has 0 N–H and O–H groups in total. The fourth-order valence-electron chi connectivity index (χ4n) is 3.84. The van der Waals surface area contributed by atoms with Crippen LogP contribution in [0.1, 0.15) is 41.0 Å². The van der Waals surface area contributed by atoms with Crippen LogP contribution in [-0.2, 0) is 3.76 Å². The molecule has 4 heteroatoms. The van der Waals surface area contributed by atoms with Crippen molar-refractivity contribution in [2.45, 2.75) is 87.7 Å². The second kappa shape index (κ2) is 6.84. The predicted octanol–water partition coefficient (Wildman–Crippen LogP) is 5.16. The van der Waals surface area contributed by atoms with E-state index in [0.29, 0.717) is 0 Å². The molecule has 0 heterocycles. The number of hydrogen-bond donors (Lipinski definition) is 0. The minimum atomic E-state index is -2.09. The second-order valence-electron chi connectivity index (χ2n) is 7.49. The molecule has 0 aromatic carbocycles. The molecule has 2 atom stereocenters. The van der Waals surface area contributed by atoms with Gasteiger partial charge in [-0.05, 0) is 0 Å². The molecule has 0 spiro atoms. The van der Waals surface area contributed by atoms with Gasteiger partial charge in [0.05, 0.1) is 0 Å². The predicted molar refractivity (Wildman–Crippen MR) is 95.6 cm³/mol. The van der Waals surface area contributed by atoms with Gasteiger partial charge in [-0.2, -0.15) is 0 Å². The van der Waals surface area contributed by atoms with E-state index in [4.69, 9.17) is 3.76 Å². The Bertz CT molecular complexity index is 302. The zero-order chi connectivity index (χ0) is 15.6. The maximum absolute atomic E-state index is 7.12. The fourth-order valence-corrected chi connectivity index (χ4v) is 13.0. The molecular formula is C16H37GeNOSi. The van der Waals surface area contributed by atoms with Crippen LogP contribution in [0, 0.1) is 0 Å². The summed E-state index contributed by atoms with van der Waals surface area (Å²) in [7, 11) is -1.13. The first kappa shape index (κ1) is 18.7. The van der Waals surface area contributed by atoms with Gasteiger partial charge in [-0.1, -0.05) is 0 Å². The summed E-state index contributed by atoms with van der Waals surface area (Å²) in [6, 6.07) is 0. The summed E-state index contributed by atoms with van der Waals surface area (Å²) in [6.07, 6.45) is 1.30. The molecule has 1 rings (SSSR count). The van der Waals surface area contributed by atoms with Crippen LogP contribution in [0.3, 0.4) is 0 Å². The van der Waals surface area contributed by atoms with Gasteiger partial charge in [-0.3, -0.25) is 0 Å². The molecule has 1 aliphatic carbocycles. The summed E-state index contributed by atoms with van der Waals surface area (Å²) < 4.78 is 7.12. The summed E-state index contributed by atoms with van der Waals surface area (Å²) in [6.45, 7) is 21.5. The SMILES string of the molecule is CCN(CC)C1([O][Ge]([CH2]C)([CH2]C)[CH2]C)CC1[Si](C)(C)C. The Morgan fingerprint density at radius 2 is 1.45 bits per heavy atom. The third-order valence-electron chi connectivity index (χ3n) is 5.55. The Labute approximate surface area is 131 Å². The van der Waals surface area contributed by atoms with E-state index >= 15 is 0 Å². The molecule has 2 nitrogen and oxygen atoms in total. The fraction of sp³-hybridized carbons (Fsp3) is 1.00. The van der Waals surface area contributed by atoms with E-state index in [1.807, 2.05) is 0 Å². The van der Waals surface area contributed by atoms with Crippen LogP contribution in [0.4, 0.5) is 0 Å². The second-order valence-corrected chi connectivity index (χ2v) is 22.8. The average molecular weight is 360 g/mol. The Morgan fingerprint density at radius 3 is 1.70 bits per heavy atom. The molecule has 2 unspecified atom stereocenters. The third kappa shape index (κ3) is 3.53. The maximum atomic E-state index is 7.12. The molecule has 0 amide bonds. The third-order valence-corrected chi connectivity index (χ3v) is 18.1. The average Bonchev–Trinajstić information content (AvgIpc) is 3.13. The summed E-state index contributed by atoms with van der Waals surface area (Å²) in [5.41, 5.74) is 0.972. The molecule has 1 aliphatic rings. The first-order chi connectivity index (χ1) is 9.25. The molecule has 0 saturated heterocycles. The summed E-state index contributed by atoms with van der Waals surface area (Å²) in [4.78, 5) is 2.64. The van der Waals surface area contributed by atoms with E-state index in [-0.39, 0.29) is 5.72 Å². The first-order valence-electron chi connectivity index (χ1n) is 8.70. The molecule has 1 saturated carbocycles. The van der Waals surface area contributed by atoms with Gasteiger partial charge in [0, 0.05) is 0 Å². The Morgan fingerprint density at radius 1 is 1.00 bits per heavy atom. The van der Waals surface area contributed by atoms with Crippen molar-refractivity contribution in [2.75, 3.05) is 13.1 Å². The quantitative estimate of drug-likeness (QED) is 0.416. The van der Waals surface area contributed by atoms with Crippen molar-refractivity contribution in [2.24, 2.45) is 0 Å². The van der Waals surface area contributed by atoms with E-state index in [0.717, 1.165) is 18.6 Å². The Kier molecular flexibility index (Phi) is 6.41. The van der Waals surface area contributed by atoms with Gasteiger partial charge in [0.25, 0.3) is 0 Å². The molecule has 0 aromatic heterocycles. The van der Waals surface area contributed by atoms with E-state index in [2.05, 4.69) is 59.2 Å². The molecule has 120 valence electrons. The minimum absolute atomic E-state index is 0.135.